The lowest BCUT2D eigenvalue weighted by Gasteiger charge is -2.13. The highest BCUT2D eigenvalue weighted by Gasteiger charge is 2.17. The van der Waals surface area contributed by atoms with Crippen molar-refractivity contribution >= 4 is 45.5 Å². The Morgan fingerprint density at radius 2 is 2.11 bits per heavy atom. The van der Waals surface area contributed by atoms with E-state index in [0.717, 1.165) is 22.1 Å². The number of benzene rings is 1. The number of thioether (sulfide) groups is 1. The molecule has 1 atom stereocenters. The maximum atomic E-state index is 11.4. The summed E-state index contributed by atoms with van der Waals surface area (Å²) < 4.78 is 0. The molecule has 0 fully saturated rings. The van der Waals surface area contributed by atoms with Crippen LogP contribution >= 0.6 is 27.7 Å². The van der Waals surface area contributed by atoms with Crippen molar-refractivity contribution < 1.29 is 14.7 Å². The van der Waals surface area contributed by atoms with Gasteiger partial charge in [-0.1, -0.05) is 28.1 Å². The molecule has 0 amide bonds. The summed E-state index contributed by atoms with van der Waals surface area (Å²) in [5.41, 5.74) is 1.55. The summed E-state index contributed by atoms with van der Waals surface area (Å²) in [6, 6.07) is 5.58. The third kappa shape index (κ3) is 3.71. The minimum absolute atomic E-state index is 0.0155. The fourth-order valence-corrected chi connectivity index (χ4v) is 2.53. The second-order valence-electron chi connectivity index (χ2n) is 3.61. The monoisotopic (exact) mass is 328 g/mol. The second kappa shape index (κ2) is 6.75. The summed E-state index contributed by atoms with van der Waals surface area (Å²) in [6.07, 6.45) is 4.52. The molecule has 5 heteroatoms. The van der Waals surface area contributed by atoms with E-state index in [4.69, 9.17) is 5.11 Å². The van der Waals surface area contributed by atoms with E-state index < -0.39 is 10.8 Å². The number of Topliss-reactive ketones (excluding diaryl/α,β-unsaturated/α-hetero) is 1. The zero-order valence-electron chi connectivity index (χ0n) is 10.0. The van der Waals surface area contributed by atoms with E-state index >= 15 is 0 Å². The zero-order valence-corrected chi connectivity index (χ0v) is 12.4. The van der Waals surface area contributed by atoms with E-state index in [-0.39, 0.29) is 5.78 Å². The summed E-state index contributed by atoms with van der Waals surface area (Å²) in [7, 11) is 0. The van der Waals surface area contributed by atoms with E-state index in [1.807, 2.05) is 24.5 Å². The van der Waals surface area contributed by atoms with E-state index in [1.165, 1.54) is 24.8 Å². The van der Waals surface area contributed by atoms with Crippen LogP contribution in [0.2, 0.25) is 0 Å². The minimum atomic E-state index is -1.01. The number of rotatable bonds is 5. The number of hydrogen-bond donors (Lipinski definition) is 1. The molecule has 1 N–H and O–H groups in total. The molecule has 96 valence electrons. The van der Waals surface area contributed by atoms with Gasteiger partial charge in [-0.3, -0.25) is 4.79 Å². The van der Waals surface area contributed by atoms with Crippen LogP contribution in [0.5, 0.6) is 0 Å². The number of carbonyl (C=O) groups excluding carboxylic acids is 1. The molecule has 0 heterocycles. The Morgan fingerprint density at radius 1 is 1.44 bits per heavy atom. The number of carboxylic acid groups (broad SMARTS) is 1. The number of aliphatic carboxylic acids is 1. The highest BCUT2D eigenvalue weighted by atomic mass is 79.9. The van der Waals surface area contributed by atoms with Crippen LogP contribution in [0.4, 0.5) is 0 Å². The fraction of sp³-hybridized carbons (Fsp3) is 0.231. The highest BCUT2D eigenvalue weighted by molar-refractivity contribution is 9.09. The first-order valence-corrected chi connectivity index (χ1v) is 7.33. The normalized spacial score (nSPS) is 12.6. The van der Waals surface area contributed by atoms with Crippen LogP contribution in [0.1, 0.15) is 22.9 Å². The molecule has 18 heavy (non-hydrogen) atoms. The van der Waals surface area contributed by atoms with E-state index in [0.29, 0.717) is 0 Å². The minimum Gasteiger partial charge on any atom is -0.478 e. The van der Waals surface area contributed by atoms with Crippen LogP contribution in [0.25, 0.3) is 6.08 Å². The molecule has 0 aromatic heterocycles. The molecule has 3 nitrogen and oxygen atoms in total. The molecule has 0 aliphatic carbocycles. The predicted molar refractivity (Wildman–Crippen MR) is 77.2 cm³/mol. The molecule has 0 spiro atoms. The zero-order chi connectivity index (χ0) is 13.7. The first-order valence-electron chi connectivity index (χ1n) is 5.19. The average Bonchev–Trinajstić information content (AvgIpc) is 2.34. The topological polar surface area (TPSA) is 54.4 Å². The predicted octanol–water partition coefficient (Wildman–Crippen LogP) is 3.53. The van der Waals surface area contributed by atoms with E-state index in [2.05, 4.69) is 15.9 Å². The Kier molecular flexibility index (Phi) is 5.62. The number of ketones is 1. The van der Waals surface area contributed by atoms with Crippen molar-refractivity contribution in [2.75, 3.05) is 6.26 Å². The smallest absolute Gasteiger partial charge is 0.328 e. The lowest BCUT2D eigenvalue weighted by Crippen LogP contribution is -2.04. The van der Waals surface area contributed by atoms with Crippen molar-refractivity contribution in [2.45, 2.75) is 16.6 Å². The van der Waals surface area contributed by atoms with Gasteiger partial charge in [-0.2, -0.15) is 0 Å². The Balaban J connectivity index is 3.33. The molecular formula is C13H13BrO3S. The van der Waals surface area contributed by atoms with Crippen molar-refractivity contribution in [3.63, 3.8) is 0 Å². The lowest BCUT2D eigenvalue weighted by atomic mass is 10.0. The number of hydrogen-bond acceptors (Lipinski definition) is 3. The van der Waals surface area contributed by atoms with Crippen molar-refractivity contribution in [3.8, 4) is 0 Å². The number of carbonyl (C=O) groups is 2. The Bertz CT molecular complexity index is 497. The van der Waals surface area contributed by atoms with Crippen molar-refractivity contribution in [1.82, 2.24) is 0 Å². The van der Waals surface area contributed by atoms with Gasteiger partial charge in [0.05, 0.1) is 4.83 Å². The van der Waals surface area contributed by atoms with Gasteiger partial charge in [0.2, 0.25) is 0 Å². The van der Waals surface area contributed by atoms with E-state index in [1.54, 1.807) is 0 Å². The molecule has 0 saturated heterocycles. The first kappa shape index (κ1) is 15.0. The third-order valence-electron chi connectivity index (χ3n) is 2.34. The summed E-state index contributed by atoms with van der Waals surface area (Å²) in [5.74, 6) is -1.02. The number of alkyl halides is 1. The molecule has 1 aromatic carbocycles. The molecule has 1 rings (SSSR count). The quantitative estimate of drug-likeness (QED) is 0.510. The summed E-state index contributed by atoms with van der Waals surface area (Å²) in [6.45, 7) is 1.50. The van der Waals surface area contributed by atoms with Crippen LogP contribution in [-0.2, 0) is 9.59 Å². The van der Waals surface area contributed by atoms with Crippen molar-refractivity contribution in [2.24, 2.45) is 0 Å². The van der Waals surface area contributed by atoms with Crippen molar-refractivity contribution in [1.29, 1.82) is 0 Å². The molecule has 0 aliphatic heterocycles. The van der Waals surface area contributed by atoms with Crippen LogP contribution in [0.3, 0.4) is 0 Å². The van der Waals surface area contributed by atoms with Gasteiger partial charge in [0, 0.05) is 11.0 Å². The molecular weight excluding hydrogens is 316 g/mol. The summed E-state index contributed by atoms with van der Waals surface area (Å²) in [5, 5.41) is 8.70. The third-order valence-corrected chi connectivity index (χ3v) is 4.28. The van der Waals surface area contributed by atoms with Gasteiger partial charge < -0.3 is 5.11 Å². The van der Waals surface area contributed by atoms with Gasteiger partial charge >= 0.3 is 5.97 Å². The van der Waals surface area contributed by atoms with Crippen LogP contribution in [0, 0.1) is 0 Å². The molecule has 0 bridgehead atoms. The average molecular weight is 329 g/mol. The molecule has 1 unspecified atom stereocenters. The Labute approximate surface area is 118 Å². The van der Waals surface area contributed by atoms with Gasteiger partial charge in [-0.15, -0.1) is 11.8 Å². The molecule has 1 aromatic rings. The van der Waals surface area contributed by atoms with Gasteiger partial charge in [-0.25, -0.2) is 4.79 Å². The van der Waals surface area contributed by atoms with E-state index in [9.17, 15) is 9.59 Å². The maximum Gasteiger partial charge on any atom is 0.328 e. The van der Waals surface area contributed by atoms with Crippen LogP contribution in [0.15, 0.2) is 29.2 Å². The molecule has 0 radical (unpaired) electrons. The summed E-state index contributed by atoms with van der Waals surface area (Å²) in [4.78, 5) is 22.6. The van der Waals surface area contributed by atoms with Crippen LogP contribution in [-0.4, -0.2) is 23.1 Å². The van der Waals surface area contributed by atoms with Crippen LogP contribution < -0.4 is 0 Å². The lowest BCUT2D eigenvalue weighted by molar-refractivity contribution is -0.131. The van der Waals surface area contributed by atoms with Gasteiger partial charge in [-0.05, 0) is 36.4 Å². The van der Waals surface area contributed by atoms with Crippen molar-refractivity contribution in [3.05, 3.63) is 35.4 Å². The second-order valence-corrected chi connectivity index (χ2v) is 5.37. The largest absolute Gasteiger partial charge is 0.478 e. The first-order chi connectivity index (χ1) is 8.47. The SMILES string of the molecule is CSc1cccc(C(Br)C(C)=O)c1C=CC(=O)O. The Morgan fingerprint density at radius 3 is 2.61 bits per heavy atom. The van der Waals surface area contributed by atoms with Gasteiger partial charge in [0.15, 0.2) is 0 Å². The maximum absolute atomic E-state index is 11.4. The summed E-state index contributed by atoms with van der Waals surface area (Å²) >= 11 is 4.85. The standard InChI is InChI=1S/C13H13BrO3S/c1-8(15)13(14)10-4-3-5-11(18-2)9(10)6-7-12(16)17/h3-7,13H,1-2H3,(H,16,17). The molecule has 0 aliphatic rings. The fourth-order valence-electron chi connectivity index (χ4n) is 1.51. The van der Waals surface area contributed by atoms with Gasteiger partial charge in [0.25, 0.3) is 0 Å². The van der Waals surface area contributed by atoms with Gasteiger partial charge in [0.1, 0.15) is 5.78 Å². The number of carboxylic acids is 1. The molecule has 0 saturated carbocycles. The highest BCUT2D eigenvalue weighted by Crippen LogP contribution is 2.33. The Hall–Kier alpha value is -1.07. The number of halogens is 1.